The van der Waals surface area contributed by atoms with Gasteiger partial charge in [0.25, 0.3) is 0 Å². The molecule has 1 fully saturated rings. The van der Waals surface area contributed by atoms with E-state index in [4.69, 9.17) is 0 Å². The molecule has 1 aliphatic carbocycles. The maximum atomic E-state index is 12.2. The highest BCUT2D eigenvalue weighted by Crippen LogP contribution is 2.40. The molecule has 2 atom stereocenters. The van der Waals surface area contributed by atoms with Crippen molar-refractivity contribution >= 4 is 16.9 Å². The van der Waals surface area contributed by atoms with Crippen LogP contribution >= 0.6 is 0 Å². The van der Waals surface area contributed by atoms with Gasteiger partial charge in [-0.25, -0.2) is 4.98 Å². The Labute approximate surface area is 135 Å². The number of para-hydroxylation sites is 2. The van der Waals surface area contributed by atoms with E-state index >= 15 is 0 Å². The molecule has 1 aliphatic rings. The maximum Gasteiger partial charge on any atom is 0.222 e. The van der Waals surface area contributed by atoms with Gasteiger partial charge in [0.05, 0.1) is 17.4 Å². The molecule has 3 aromatic rings. The van der Waals surface area contributed by atoms with Crippen LogP contribution in [0.1, 0.15) is 24.3 Å². The quantitative estimate of drug-likeness (QED) is 0.787. The van der Waals surface area contributed by atoms with Gasteiger partial charge in [-0.15, -0.1) is 0 Å². The van der Waals surface area contributed by atoms with Crippen LogP contribution in [0.15, 0.2) is 60.9 Å². The first kappa shape index (κ1) is 14.0. The molecule has 0 spiro atoms. The lowest BCUT2D eigenvalue weighted by Gasteiger charge is -2.06. The Morgan fingerprint density at radius 3 is 2.78 bits per heavy atom. The van der Waals surface area contributed by atoms with Crippen LogP contribution < -0.4 is 5.32 Å². The Kier molecular flexibility index (Phi) is 3.58. The SMILES string of the molecule is O=C(CCn1cnc2ccccc21)N[C@@H]1C[C@H]1c1ccccc1. The number of benzene rings is 2. The summed E-state index contributed by atoms with van der Waals surface area (Å²) in [6.45, 7) is 0.662. The Bertz CT molecular complexity index is 825. The molecule has 2 aromatic carbocycles. The maximum absolute atomic E-state index is 12.2. The highest BCUT2D eigenvalue weighted by atomic mass is 16.1. The van der Waals surface area contributed by atoms with E-state index in [1.807, 2.05) is 41.2 Å². The second kappa shape index (κ2) is 5.88. The van der Waals surface area contributed by atoms with Crippen molar-refractivity contribution in [2.45, 2.75) is 31.3 Å². The minimum Gasteiger partial charge on any atom is -0.353 e. The highest BCUT2D eigenvalue weighted by Gasteiger charge is 2.39. The molecule has 0 aliphatic heterocycles. The predicted octanol–water partition coefficient (Wildman–Crippen LogP) is 3.10. The van der Waals surface area contributed by atoms with Crippen LogP contribution in [0, 0.1) is 0 Å². The summed E-state index contributed by atoms with van der Waals surface area (Å²) >= 11 is 0. The van der Waals surface area contributed by atoms with Crippen molar-refractivity contribution in [3.8, 4) is 0 Å². The molecule has 4 nitrogen and oxygen atoms in total. The number of hydrogen-bond acceptors (Lipinski definition) is 2. The molecular weight excluding hydrogens is 286 g/mol. The van der Waals surface area contributed by atoms with Crippen molar-refractivity contribution in [3.05, 3.63) is 66.5 Å². The Balaban J connectivity index is 1.31. The molecule has 1 N–H and O–H groups in total. The van der Waals surface area contributed by atoms with Crippen molar-refractivity contribution in [1.82, 2.24) is 14.9 Å². The summed E-state index contributed by atoms with van der Waals surface area (Å²) in [6.07, 6.45) is 3.34. The molecule has 4 heteroatoms. The largest absolute Gasteiger partial charge is 0.353 e. The van der Waals surface area contributed by atoms with E-state index in [-0.39, 0.29) is 5.91 Å². The number of fused-ring (bicyclic) bond motifs is 1. The van der Waals surface area contributed by atoms with E-state index in [1.165, 1.54) is 5.56 Å². The summed E-state index contributed by atoms with van der Waals surface area (Å²) in [5.41, 5.74) is 3.37. The third kappa shape index (κ3) is 2.97. The van der Waals surface area contributed by atoms with Gasteiger partial charge in [-0.1, -0.05) is 42.5 Å². The van der Waals surface area contributed by atoms with Crippen LogP contribution in [0.5, 0.6) is 0 Å². The number of aromatic nitrogens is 2. The van der Waals surface area contributed by atoms with Crippen LogP contribution in [0.3, 0.4) is 0 Å². The van der Waals surface area contributed by atoms with E-state index in [0.29, 0.717) is 24.9 Å². The van der Waals surface area contributed by atoms with Crippen molar-refractivity contribution in [2.24, 2.45) is 0 Å². The number of nitrogens with one attached hydrogen (secondary N) is 1. The number of aryl methyl sites for hydroxylation is 1. The van der Waals surface area contributed by atoms with E-state index in [1.54, 1.807) is 0 Å². The lowest BCUT2D eigenvalue weighted by Crippen LogP contribution is -2.27. The third-order valence-corrected chi connectivity index (χ3v) is 4.47. The van der Waals surface area contributed by atoms with Crippen molar-refractivity contribution in [2.75, 3.05) is 0 Å². The molecule has 1 aromatic heterocycles. The van der Waals surface area contributed by atoms with E-state index in [9.17, 15) is 4.79 Å². The van der Waals surface area contributed by atoms with E-state index in [0.717, 1.165) is 17.5 Å². The van der Waals surface area contributed by atoms with Crippen LogP contribution in [0.25, 0.3) is 11.0 Å². The van der Waals surface area contributed by atoms with Crippen molar-refractivity contribution in [1.29, 1.82) is 0 Å². The molecule has 1 saturated carbocycles. The van der Waals surface area contributed by atoms with E-state index in [2.05, 4.69) is 34.6 Å². The zero-order chi connectivity index (χ0) is 15.6. The van der Waals surface area contributed by atoms with Gasteiger partial charge in [-0.2, -0.15) is 0 Å². The zero-order valence-electron chi connectivity index (χ0n) is 12.9. The third-order valence-electron chi connectivity index (χ3n) is 4.47. The van der Waals surface area contributed by atoms with Gasteiger partial charge in [0.2, 0.25) is 5.91 Å². The number of hydrogen-bond donors (Lipinski definition) is 1. The summed E-state index contributed by atoms with van der Waals surface area (Å²) in [5.74, 6) is 0.598. The lowest BCUT2D eigenvalue weighted by molar-refractivity contribution is -0.121. The Morgan fingerprint density at radius 1 is 1.13 bits per heavy atom. The second-order valence-electron chi connectivity index (χ2n) is 6.10. The van der Waals surface area contributed by atoms with Gasteiger partial charge >= 0.3 is 0 Å². The molecule has 0 bridgehead atoms. The lowest BCUT2D eigenvalue weighted by atomic mass is 10.1. The number of imidazole rings is 1. The van der Waals surface area contributed by atoms with E-state index < -0.39 is 0 Å². The fraction of sp³-hybridized carbons (Fsp3) is 0.263. The molecule has 1 heterocycles. The zero-order valence-corrected chi connectivity index (χ0v) is 12.9. The van der Waals surface area contributed by atoms with Crippen molar-refractivity contribution in [3.63, 3.8) is 0 Å². The number of carbonyl (C=O) groups excluding carboxylic acids is 1. The average molecular weight is 305 g/mol. The number of amides is 1. The highest BCUT2D eigenvalue weighted by molar-refractivity contribution is 5.78. The van der Waals surface area contributed by atoms with Crippen LogP contribution in [0.4, 0.5) is 0 Å². The Hall–Kier alpha value is -2.62. The molecule has 4 rings (SSSR count). The average Bonchev–Trinajstić information content (AvgIpc) is 3.23. The first-order chi connectivity index (χ1) is 11.3. The van der Waals surface area contributed by atoms with Gasteiger partial charge in [0.1, 0.15) is 0 Å². The van der Waals surface area contributed by atoms with Crippen LogP contribution in [-0.2, 0) is 11.3 Å². The fourth-order valence-electron chi connectivity index (χ4n) is 3.11. The number of carbonyl (C=O) groups is 1. The second-order valence-corrected chi connectivity index (χ2v) is 6.10. The molecule has 0 radical (unpaired) electrons. The summed E-state index contributed by atoms with van der Waals surface area (Å²) in [4.78, 5) is 16.5. The number of rotatable bonds is 5. The molecule has 116 valence electrons. The molecular formula is C19H19N3O. The van der Waals surface area contributed by atoms with Crippen molar-refractivity contribution < 1.29 is 4.79 Å². The smallest absolute Gasteiger partial charge is 0.222 e. The first-order valence-corrected chi connectivity index (χ1v) is 8.05. The summed E-state index contributed by atoms with van der Waals surface area (Å²) < 4.78 is 2.04. The molecule has 1 amide bonds. The normalized spacial score (nSPS) is 19.7. The van der Waals surface area contributed by atoms with Gasteiger partial charge in [-0.05, 0) is 24.1 Å². The molecule has 0 unspecified atom stereocenters. The van der Waals surface area contributed by atoms with Gasteiger partial charge in [0, 0.05) is 24.9 Å². The summed E-state index contributed by atoms with van der Waals surface area (Å²) in [7, 11) is 0. The minimum atomic E-state index is 0.117. The predicted molar refractivity (Wildman–Crippen MR) is 90.1 cm³/mol. The summed E-state index contributed by atoms with van der Waals surface area (Å²) in [5, 5.41) is 3.14. The monoisotopic (exact) mass is 305 g/mol. The molecule has 0 saturated heterocycles. The standard InChI is InChI=1S/C19H19N3O/c23-19(21-17-12-15(17)14-6-2-1-3-7-14)10-11-22-13-20-16-8-4-5-9-18(16)22/h1-9,13,15,17H,10-12H2,(H,21,23)/t15-,17+/m0/s1. The van der Waals surface area contributed by atoms with Crippen LogP contribution in [0.2, 0.25) is 0 Å². The first-order valence-electron chi connectivity index (χ1n) is 8.05. The minimum absolute atomic E-state index is 0.117. The van der Waals surface area contributed by atoms with Crippen LogP contribution in [-0.4, -0.2) is 21.5 Å². The topological polar surface area (TPSA) is 46.9 Å². The fourth-order valence-corrected chi connectivity index (χ4v) is 3.11. The van der Waals surface area contributed by atoms with Gasteiger partial charge in [-0.3, -0.25) is 4.79 Å². The Morgan fingerprint density at radius 2 is 1.91 bits per heavy atom. The summed E-state index contributed by atoms with van der Waals surface area (Å²) in [6, 6.07) is 18.7. The molecule has 23 heavy (non-hydrogen) atoms. The van der Waals surface area contributed by atoms with Gasteiger partial charge in [0.15, 0.2) is 0 Å². The number of nitrogens with zero attached hydrogens (tertiary/aromatic N) is 2. The van der Waals surface area contributed by atoms with Gasteiger partial charge < -0.3 is 9.88 Å².